The van der Waals surface area contributed by atoms with Gasteiger partial charge in [0.15, 0.2) is 0 Å². The van der Waals surface area contributed by atoms with Crippen molar-refractivity contribution in [3.8, 4) is 5.75 Å². The number of carboxylic acids is 1. The van der Waals surface area contributed by atoms with E-state index < -0.39 is 5.97 Å². The molecule has 0 saturated heterocycles. The Bertz CT molecular complexity index is 410. The van der Waals surface area contributed by atoms with Crippen LogP contribution in [0.2, 0.25) is 0 Å². The van der Waals surface area contributed by atoms with Gasteiger partial charge in [-0.15, -0.1) is 0 Å². The molecule has 0 fully saturated rings. The van der Waals surface area contributed by atoms with Gasteiger partial charge < -0.3 is 15.2 Å². The number of hydrogen-bond acceptors (Lipinski definition) is 3. The van der Waals surface area contributed by atoms with Crippen molar-refractivity contribution in [3.05, 3.63) is 41.5 Å². The summed E-state index contributed by atoms with van der Waals surface area (Å²) in [6, 6.07) is 7.93. The van der Waals surface area contributed by atoms with E-state index in [9.17, 15) is 4.79 Å². The molecular formula is C14H19NO3. The molecule has 0 radical (unpaired) electrons. The summed E-state index contributed by atoms with van der Waals surface area (Å²) in [4.78, 5) is 10.4. The summed E-state index contributed by atoms with van der Waals surface area (Å²) in [7, 11) is 1.65. The lowest BCUT2D eigenvalue weighted by Crippen LogP contribution is -2.19. The quantitative estimate of drug-likeness (QED) is 0.572. The lowest BCUT2D eigenvalue weighted by molar-refractivity contribution is -0.131. The normalized spacial score (nSPS) is 11.3. The first kappa shape index (κ1) is 14.3. The molecule has 0 aliphatic carbocycles. The average Bonchev–Trinajstić information content (AvgIpc) is 2.34. The second kappa shape index (κ2) is 7.50. The summed E-state index contributed by atoms with van der Waals surface area (Å²) >= 11 is 0. The third kappa shape index (κ3) is 5.50. The van der Waals surface area contributed by atoms with E-state index in [1.807, 2.05) is 24.3 Å². The summed E-state index contributed by atoms with van der Waals surface area (Å²) in [6.45, 7) is 3.22. The maximum Gasteiger partial charge on any atom is 0.328 e. The molecule has 4 nitrogen and oxygen atoms in total. The third-order valence-corrected chi connectivity index (χ3v) is 2.52. The van der Waals surface area contributed by atoms with Gasteiger partial charge in [-0.3, -0.25) is 0 Å². The highest BCUT2D eigenvalue weighted by molar-refractivity contribution is 5.80. The molecule has 0 atom stereocenters. The number of hydrogen-bond donors (Lipinski definition) is 2. The van der Waals surface area contributed by atoms with E-state index in [-0.39, 0.29) is 0 Å². The molecule has 1 rings (SSSR count). The summed E-state index contributed by atoms with van der Waals surface area (Å²) in [5.41, 5.74) is 2.04. The minimum absolute atomic E-state index is 0.600. The lowest BCUT2D eigenvalue weighted by atomic mass is 10.1. The van der Waals surface area contributed by atoms with Crippen LogP contribution in [0.15, 0.2) is 35.9 Å². The number of ether oxygens (including phenoxy) is 1. The lowest BCUT2D eigenvalue weighted by Gasteiger charge is -2.06. The van der Waals surface area contributed by atoms with E-state index in [0.29, 0.717) is 6.54 Å². The SMILES string of the molecule is COc1ccc(CCNC/C(C)=C/C(=O)O)cc1. The van der Waals surface area contributed by atoms with Crippen LogP contribution in [0, 0.1) is 0 Å². The average molecular weight is 249 g/mol. The molecule has 0 spiro atoms. The topological polar surface area (TPSA) is 58.6 Å². The summed E-state index contributed by atoms with van der Waals surface area (Å²) < 4.78 is 5.08. The van der Waals surface area contributed by atoms with Crippen molar-refractivity contribution in [2.24, 2.45) is 0 Å². The Morgan fingerprint density at radius 2 is 2.06 bits per heavy atom. The minimum atomic E-state index is -0.899. The van der Waals surface area contributed by atoms with Gasteiger partial charge in [0.25, 0.3) is 0 Å². The monoisotopic (exact) mass is 249 g/mol. The van der Waals surface area contributed by atoms with Crippen LogP contribution in [0.1, 0.15) is 12.5 Å². The summed E-state index contributed by atoms with van der Waals surface area (Å²) in [5.74, 6) is -0.0450. The van der Waals surface area contributed by atoms with Crippen molar-refractivity contribution in [3.63, 3.8) is 0 Å². The fourth-order valence-electron chi connectivity index (χ4n) is 1.57. The van der Waals surface area contributed by atoms with Crippen molar-refractivity contribution in [2.75, 3.05) is 20.2 Å². The van der Waals surface area contributed by atoms with E-state index in [0.717, 1.165) is 24.3 Å². The number of carboxylic acid groups (broad SMARTS) is 1. The van der Waals surface area contributed by atoms with Gasteiger partial charge in [-0.05, 0) is 37.6 Å². The van der Waals surface area contributed by atoms with E-state index in [1.54, 1.807) is 14.0 Å². The van der Waals surface area contributed by atoms with Gasteiger partial charge in [0.1, 0.15) is 5.75 Å². The Hall–Kier alpha value is -1.81. The Labute approximate surface area is 107 Å². The molecule has 0 bridgehead atoms. The van der Waals surface area contributed by atoms with Crippen molar-refractivity contribution < 1.29 is 14.6 Å². The maximum atomic E-state index is 10.4. The Balaban J connectivity index is 2.27. The fraction of sp³-hybridized carbons (Fsp3) is 0.357. The van der Waals surface area contributed by atoms with Gasteiger partial charge in [0.2, 0.25) is 0 Å². The smallest absolute Gasteiger partial charge is 0.328 e. The second-order valence-corrected chi connectivity index (χ2v) is 4.10. The molecular weight excluding hydrogens is 230 g/mol. The number of rotatable bonds is 7. The van der Waals surface area contributed by atoms with E-state index >= 15 is 0 Å². The standard InChI is InChI=1S/C14H19NO3/c1-11(9-14(16)17)10-15-8-7-12-3-5-13(18-2)6-4-12/h3-6,9,15H,7-8,10H2,1-2H3,(H,16,17)/b11-9+. The van der Waals surface area contributed by atoms with E-state index in [2.05, 4.69) is 5.32 Å². The first-order valence-electron chi connectivity index (χ1n) is 5.85. The first-order valence-corrected chi connectivity index (χ1v) is 5.85. The van der Waals surface area contributed by atoms with Gasteiger partial charge in [0, 0.05) is 12.6 Å². The van der Waals surface area contributed by atoms with Gasteiger partial charge in [-0.1, -0.05) is 17.7 Å². The fourth-order valence-corrected chi connectivity index (χ4v) is 1.57. The summed E-state index contributed by atoms with van der Waals surface area (Å²) in [5, 5.41) is 11.8. The number of nitrogens with one attached hydrogen (secondary N) is 1. The van der Waals surface area contributed by atoms with Crippen molar-refractivity contribution >= 4 is 5.97 Å². The molecule has 98 valence electrons. The van der Waals surface area contributed by atoms with Gasteiger partial charge in [-0.25, -0.2) is 4.79 Å². The molecule has 0 aliphatic rings. The zero-order valence-electron chi connectivity index (χ0n) is 10.8. The highest BCUT2D eigenvalue weighted by Crippen LogP contribution is 2.11. The molecule has 1 aromatic carbocycles. The van der Waals surface area contributed by atoms with Crippen LogP contribution in [0.4, 0.5) is 0 Å². The van der Waals surface area contributed by atoms with Crippen molar-refractivity contribution in [1.29, 1.82) is 0 Å². The predicted molar refractivity (Wildman–Crippen MR) is 71.0 cm³/mol. The van der Waals surface area contributed by atoms with Crippen LogP contribution in [-0.4, -0.2) is 31.3 Å². The van der Waals surface area contributed by atoms with Crippen LogP contribution in [0.3, 0.4) is 0 Å². The molecule has 4 heteroatoms. The first-order chi connectivity index (χ1) is 8.61. The number of aliphatic carboxylic acids is 1. The third-order valence-electron chi connectivity index (χ3n) is 2.52. The molecule has 0 aliphatic heterocycles. The Morgan fingerprint density at radius 1 is 1.39 bits per heavy atom. The number of benzene rings is 1. The Kier molecular flexibility index (Phi) is 5.94. The van der Waals surface area contributed by atoms with E-state index in [1.165, 1.54) is 11.6 Å². The summed E-state index contributed by atoms with van der Waals surface area (Å²) in [6.07, 6.45) is 2.13. The van der Waals surface area contributed by atoms with Crippen LogP contribution < -0.4 is 10.1 Å². The molecule has 0 amide bonds. The molecule has 2 N–H and O–H groups in total. The van der Waals surface area contributed by atoms with Crippen LogP contribution in [0.25, 0.3) is 0 Å². The van der Waals surface area contributed by atoms with Crippen LogP contribution in [0.5, 0.6) is 5.75 Å². The Morgan fingerprint density at radius 3 is 2.61 bits per heavy atom. The van der Waals surface area contributed by atoms with Crippen LogP contribution >= 0.6 is 0 Å². The number of carbonyl (C=O) groups is 1. The van der Waals surface area contributed by atoms with Gasteiger partial charge in [-0.2, -0.15) is 0 Å². The highest BCUT2D eigenvalue weighted by Gasteiger charge is 1.96. The zero-order chi connectivity index (χ0) is 13.4. The van der Waals surface area contributed by atoms with Crippen LogP contribution in [-0.2, 0) is 11.2 Å². The predicted octanol–water partition coefficient (Wildman–Crippen LogP) is 1.86. The maximum absolute atomic E-state index is 10.4. The van der Waals surface area contributed by atoms with E-state index in [4.69, 9.17) is 9.84 Å². The number of methoxy groups -OCH3 is 1. The molecule has 18 heavy (non-hydrogen) atoms. The highest BCUT2D eigenvalue weighted by atomic mass is 16.5. The second-order valence-electron chi connectivity index (χ2n) is 4.10. The minimum Gasteiger partial charge on any atom is -0.497 e. The molecule has 0 saturated carbocycles. The van der Waals surface area contributed by atoms with Crippen molar-refractivity contribution in [1.82, 2.24) is 5.32 Å². The van der Waals surface area contributed by atoms with Gasteiger partial charge >= 0.3 is 5.97 Å². The molecule has 1 aromatic rings. The zero-order valence-corrected chi connectivity index (χ0v) is 10.8. The molecule has 0 aromatic heterocycles. The van der Waals surface area contributed by atoms with Crippen molar-refractivity contribution in [2.45, 2.75) is 13.3 Å². The molecule has 0 unspecified atom stereocenters. The van der Waals surface area contributed by atoms with Gasteiger partial charge in [0.05, 0.1) is 7.11 Å². The molecule has 0 heterocycles. The largest absolute Gasteiger partial charge is 0.497 e.